The molecule has 0 aromatic heterocycles. The molecule has 0 unspecified atom stereocenters. The molecule has 0 rings (SSSR count). The zero-order chi connectivity index (χ0) is 10.5. The molecule has 0 bridgehead atoms. The highest BCUT2D eigenvalue weighted by Gasteiger charge is 1.89. The molecule has 0 heterocycles. The van der Waals surface area contributed by atoms with E-state index in [0.717, 1.165) is 32.8 Å². The monoisotopic (exact) mass is 202 g/mol. The zero-order valence-corrected chi connectivity index (χ0v) is 9.05. The molecule has 0 spiro atoms. The Bertz CT molecular complexity index is 121. The van der Waals surface area contributed by atoms with Crippen molar-refractivity contribution < 1.29 is 9.47 Å². The highest BCUT2D eigenvalue weighted by molar-refractivity contribution is 4.68. The minimum atomic E-state index is 0.666. The van der Waals surface area contributed by atoms with Gasteiger partial charge in [0.25, 0.3) is 0 Å². The van der Waals surface area contributed by atoms with E-state index in [4.69, 9.17) is 9.47 Å². The second kappa shape index (κ2) is 12.6. The van der Waals surface area contributed by atoms with Crippen LogP contribution in [-0.4, -0.2) is 53.1 Å². The third kappa shape index (κ3) is 11.6. The van der Waals surface area contributed by atoms with Crippen LogP contribution in [0.15, 0.2) is 12.7 Å². The molecule has 0 fully saturated rings. The van der Waals surface area contributed by atoms with Crippen LogP contribution in [0.5, 0.6) is 0 Å². The summed E-state index contributed by atoms with van der Waals surface area (Å²) < 4.78 is 10.6. The van der Waals surface area contributed by atoms with Crippen LogP contribution in [0.4, 0.5) is 0 Å². The summed E-state index contributed by atoms with van der Waals surface area (Å²) in [6.07, 6.45) is 1.83. The molecule has 0 saturated carbocycles. The molecule has 4 nitrogen and oxygen atoms in total. The summed E-state index contributed by atoms with van der Waals surface area (Å²) in [5.41, 5.74) is 0. The fourth-order valence-electron chi connectivity index (χ4n) is 0.845. The lowest BCUT2D eigenvalue weighted by molar-refractivity contribution is 0.0506. The van der Waals surface area contributed by atoms with Gasteiger partial charge in [0, 0.05) is 19.6 Å². The Morgan fingerprint density at radius 3 is 2.29 bits per heavy atom. The molecule has 0 aromatic carbocycles. The Kier molecular flexibility index (Phi) is 12.2. The number of hydrogen-bond acceptors (Lipinski definition) is 4. The van der Waals surface area contributed by atoms with Crippen LogP contribution in [0, 0.1) is 0 Å². The number of rotatable bonds is 11. The van der Waals surface area contributed by atoms with Crippen molar-refractivity contribution in [1.82, 2.24) is 10.6 Å². The van der Waals surface area contributed by atoms with Gasteiger partial charge < -0.3 is 20.1 Å². The van der Waals surface area contributed by atoms with Crippen LogP contribution in [0.25, 0.3) is 0 Å². The van der Waals surface area contributed by atoms with Crippen molar-refractivity contribution in [3.63, 3.8) is 0 Å². The highest BCUT2D eigenvalue weighted by Crippen LogP contribution is 1.77. The lowest BCUT2D eigenvalue weighted by Crippen LogP contribution is -2.21. The molecule has 0 atom stereocenters. The van der Waals surface area contributed by atoms with E-state index in [1.165, 1.54) is 0 Å². The largest absolute Gasteiger partial charge is 0.378 e. The van der Waals surface area contributed by atoms with Crippen molar-refractivity contribution >= 4 is 0 Å². The predicted molar refractivity (Wildman–Crippen MR) is 58.6 cm³/mol. The fourth-order valence-corrected chi connectivity index (χ4v) is 0.845. The standard InChI is InChI=1S/C10H22N2O2/c1-3-4-12-6-8-14-10-9-13-7-5-11-2/h3,11-12H,1,4-10H2,2H3. The molecule has 0 aliphatic heterocycles. The SMILES string of the molecule is C=CCNCCOCCOCCNC. The van der Waals surface area contributed by atoms with Gasteiger partial charge in [-0.1, -0.05) is 6.08 Å². The zero-order valence-electron chi connectivity index (χ0n) is 9.05. The fraction of sp³-hybridized carbons (Fsp3) is 0.800. The Hall–Kier alpha value is -0.420. The topological polar surface area (TPSA) is 42.5 Å². The number of nitrogens with one attached hydrogen (secondary N) is 2. The summed E-state index contributed by atoms with van der Waals surface area (Å²) in [6, 6.07) is 0. The molecule has 0 aromatic rings. The molecule has 84 valence electrons. The van der Waals surface area contributed by atoms with Crippen molar-refractivity contribution in [2.45, 2.75) is 0 Å². The molecule has 0 radical (unpaired) electrons. The maximum atomic E-state index is 5.32. The van der Waals surface area contributed by atoms with Gasteiger partial charge in [-0.25, -0.2) is 0 Å². The summed E-state index contributed by atoms with van der Waals surface area (Å²) in [7, 11) is 1.91. The normalized spacial score (nSPS) is 10.4. The molecular formula is C10H22N2O2. The van der Waals surface area contributed by atoms with Crippen LogP contribution in [0.2, 0.25) is 0 Å². The van der Waals surface area contributed by atoms with Crippen LogP contribution in [-0.2, 0) is 9.47 Å². The molecule has 2 N–H and O–H groups in total. The summed E-state index contributed by atoms with van der Waals surface area (Å²) in [5.74, 6) is 0. The van der Waals surface area contributed by atoms with Gasteiger partial charge in [-0.2, -0.15) is 0 Å². The molecule has 0 amide bonds. The molecular weight excluding hydrogens is 180 g/mol. The highest BCUT2D eigenvalue weighted by atomic mass is 16.5. The number of hydrogen-bond donors (Lipinski definition) is 2. The van der Waals surface area contributed by atoms with E-state index in [-0.39, 0.29) is 0 Å². The van der Waals surface area contributed by atoms with Gasteiger partial charge in [-0.3, -0.25) is 0 Å². The quantitative estimate of drug-likeness (QED) is 0.366. The number of ether oxygens (including phenoxy) is 2. The van der Waals surface area contributed by atoms with E-state index in [0.29, 0.717) is 13.2 Å². The van der Waals surface area contributed by atoms with Gasteiger partial charge in [-0.05, 0) is 7.05 Å². The Balaban J connectivity index is 2.81. The van der Waals surface area contributed by atoms with Crippen molar-refractivity contribution in [2.75, 3.05) is 53.1 Å². The van der Waals surface area contributed by atoms with E-state index in [2.05, 4.69) is 17.2 Å². The lowest BCUT2D eigenvalue weighted by atomic mass is 10.6. The second-order valence-corrected chi connectivity index (χ2v) is 2.82. The van der Waals surface area contributed by atoms with Gasteiger partial charge >= 0.3 is 0 Å². The van der Waals surface area contributed by atoms with Crippen molar-refractivity contribution in [3.8, 4) is 0 Å². The molecule has 0 aliphatic carbocycles. The summed E-state index contributed by atoms with van der Waals surface area (Å²) in [4.78, 5) is 0. The summed E-state index contributed by atoms with van der Waals surface area (Å²) in [5, 5.41) is 6.16. The predicted octanol–water partition coefficient (Wildman–Crippen LogP) is 0.0146. The Labute approximate surface area is 86.7 Å². The smallest absolute Gasteiger partial charge is 0.0701 e. The van der Waals surface area contributed by atoms with Crippen molar-refractivity contribution in [1.29, 1.82) is 0 Å². The van der Waals surface area contributed by atoms with Gasteiger partial charge in [0.1, 0.15) is 0 Å². The minimum Gasteiger partial charge on any atom is -0.378 e. The molecule has 0 saturated heterocycles. The number of likely N-dealkylation sites (N-methyl/N-ethyl adjacent to an activating group) is 1. The van der Waals surface area contributed by atoms with E-state index >= 15 is 0 Å². The molecule has 0 aliphatic rings. The Morgan fingerprint density at radius 2 is 1.71 bits per heavy atom. The van der Waals surface area contributed by atoms with Gasteiger partial charge in [0.05, 0.1) is 26.4 Å². The van der Waals surface area contributed by atoms with Crippen LogP contribution in [0.3, 0.4) is 0 Å². The third-order valence-electron chi connectivity index (χ3n) is 1.58. The Morgan fingerprint density at radius 1 is 1.07 bits per heavy atom. The summed E-state index contributed by atoms with van der Waals surface area (Å²) >= 11 is 0. The van der Waals surface area contributed by atoms with E-state index < -0.39 is 0 Å². The average molecular weight is 202 g/mol. The van der Waals surface area contributed by atoms with E-state index in [1.807, 2.05) is 13.1 Å². The van der Waals surface area contributed by atoms with Crippen molar-refractivity contribution in [2.24, 2.45) is 0 Å². The maximum Gasteiger partial charge on any atom is 0.0701 e. The lowest BCUT2D eigenvalue weighted by Gasteiger charge is -2.05. The molecule has 4 heteroatoms. The first-order valence-electron chi connectivity index (χ1n) is 5.03. The van der Waals surface area contributed by atoms with Crippen LogP contribution >= 0.6 is 0 Å². The second-order valence-electron chi connectivity index (χ2n) is 2.82. The molecule has 14 heavy (non-hydrogen) atoms. The van der Waals surface area contributed by atoms with Crippen molar-refractivity contribution in [3.05, 3.63) is 12.7 Å². The first-order chi connectivity index (χ1) is 6.91. The average Bonchev–Trinajstić information content (AvgIpc) is 2.21. The first kappa shape index (κ1) is 13.6. The summed E-state index contributed by atoms with van der Waals surface area (Å²) in [6.45, 7) is 9.00. The van der Waals surface area contributed by atoms with E-state index in [9.17, 15) is 0 Å². The van der Waals surface area contributed by atoms with Gasteiger partial charge in [-0.15, -0.1) is 6.58 Å². The minimum absolute atomic E-state index is 0.666. The van der Waals surface area contributed by atoms with E-state index in [1.54, 1.807) is 0 Å². The van der Waals surface area contributed by atoms with Gasteiger partial charge in [0.15, 0.2) is 0 Å². The maximum absolute atomic E-state index is 5.32. The first-order valence-corrected chi connectivity index (χ1v) is 5.03. The van der Waals surface area contributed by atoms with Crippen LogP contribution < -0.4 is 10.6 Å². The van der Waals surface area contributed by atoms with Crippen LogP contribution in [0.1, 0.15) is 0 Å². The third-order valence-corrected chi connectivity index (χ3v) is 1.58. The van der Waals surface area contributed by atoms with Gasteiger partial charge in [0.2, 0.25) is 0 Å².